The molecule has 8 heteroatoms. The van der Waals surface area contributed by atoms with Crippen molar-refractivity contribution in [3.8, 4) is 26.9 Å². The Balaban J connectivity index is 1.31. The summed E-state index contributed by atoms with van der Waals surface area (Å²) in [5, 5.41) is 13.3. The maximum absolute atomic E-state index is 12.1. The molecule has 0 spiro atoms. The van der Waals surface area contributed by atoms with E-state index < -0.39 is 0 Å². The summed E-state index contributed by atoms with van der Waals surface area (Å²) in [6, 6.07) is 21.8. The average molecular weight is 477 g/mol. The van der Waals surface area contributed by atoms with Crippen molar-refractivity contribution in [1.82, 2.24) is 20.5 Å². The highest BCUT2D eigenvalue weighted by molar-refractivity contribution is 7.99. The van der Waals surface area contributed by atoms with E-state index in [0.29, 0.717) is 12.3 Å². The van der Waals surface area contributed by atoms with Crippen molar-refractivity contribution in [1.29, 1.82) is 0 Å². The van der Waals surface area contributed by atoms with Gasteiger partial charge in [0.15, 0.2) is 0 Å². The van der Waals surface area contributed by atoms with Crippen LogP contribution in [0.2, 0.25) is 0 Å². The van der Waals surface area contributed by atoms with Gasteiger partial charge in [-0.05, 0) is 55.3 Å². The fourth-order valence-electron chi connectivity index (χ4n) is 3.19. The molecule has 0 bridgehead atoms. The van der Waals surface area contributed by atoms with Gasteiger partial charge in [-0.3, -0.25) is 4.79 Å². The van der Waals surface area contributed by atoms with Crippen LogP contribution in [-0.2, 0) is 11.2 Å². The predicted molar refractivity (Wildman–Crippen MR) is 134 cm³/mol. The van der Waals surface area contributed by atoms with Crippen molar-refractivity contribution in [3.05, 3.63) is 78.0 Å². The van der Waals surface area contributed by atoms with Crippen LogP contribution < -0.4 is 10.1 Å². The van der Waals surface area contributed by atoms with E-state index in [4.69, 9.17) is 9.72 Å². The molecule has 0 aliphatic heterocycles. The fraction of sp³-hybridized carbons (Fsp3) is 0.200. The van der Waals surface area contributed by atoms with E-state index in [2.05, 4.69) is 27.6 Å². The van der Waals surface area contributed by atoms with Crippen LogP contribution in [0.1, 0.15) is 11.3 Å². The molecule has 0 saturated carbocycles. The van der Waals surface area contributed by atoms with Gasteiger partial charge in [0.2, 0.25) is 5.91 Å². The summed E-state index contributed by atoms with van der Waals surface area (Å²) in [6.45, 7) is 2.60. The molecule has 0 atom stereocenters. The second-order valence-corrected chi connectivity index (χ2v) is 9.29. The van der Waals surface area contributed by atoms with Gasteiger partial charge in [-0.25, -0.2) is 4.98 Å². The minimum atomic E-state index is -0.00996. The van der Waals surface area contributed by atoms with Crippen LogP contribution in [0.25, 0.3) is 21.1 Å². The maximum Gasteiger partial charge on any atom is 0.230 e. The molecule has 0 saturated heterocycles. The first-order valence-electron chi connectivity index (χ1n) is 10.5. The second-order valence-electron chi connectivity index (χ2n) is 7.29. The van der Waals surface area contributed by atoms with E-state index in [9.17, 15) is 4.79 Å². The summed E-state index contributed by atoms with van der Waals surface area (Å²) in [5.74, 6) is 1.12. The SMILES string of the molecule is COc1ccc(-c2nc(C)c(-c3ccc(SCC(=O)NCCc4ccccc4)nn3)s2)cc1. The van der Waals surface area contributed by atoms with Crippen LogP contribution >= 0.6 is 23.1 Å². The van der Waals surface area contributed by atoms with E-state index in [1.807, 2.05) is 61.5 Å². The lowest BCUT2D eigenvalue weighted by Gasteiger charge is -2.05. The number of nitrogens with zero attached hydrogens (tertiary/aromatic N) is 3. The molecule has 4 rings (SSSR count). The van der Waals surface area contributed by atoms with Crippen LogP contribution in [0.15, 0.2) is 71.8 Å². The van der Waals surface area contributed by atoms with Gasteiger partial charge < -0.3 is 10.1 Å². The first kappa shape index (κ1) is 22.9. The first-order valence-corrected chi connectivity index (χ1v) is 12.3. The number of amides is 1. The van der Waals surface area contributed by atoms with Gasteiger partial charge in [0, 0.05) is 12.1 Å². The lowest BCUT2D eigenvalue weighted by Crippen LogP contribution is -2.27. The molecular formula is C25H24N4O2S2. The van der Waals surface area contributed by atoms with Gasteiger partial charge in [-0.2, -0.15) is 0 Å². The van der Waals surface area contributed by atoms with Crippen molar-refractivity contribution in [2.45, 2.75) is 18.4 Å². The largest absolute Gasteiger partial charge is 0.497 e. The molecule has 2 aromatic carbocycles. The minimum absolute atomic E-state index is 0.00996. The van der Waals surface area contributed by atoms with Crippen LogP contribution in [0.3, 0.4) is 0 Å². The molecule has 33 heavy (non-hydrogen) atoms. The van der Waals surface area contributed by atoms with Gasteiger partial charge in [-0.1, -0.05) is 42.1 Å². The lowest BCUT2D eigenvalue weighted by molar-refractivity contribution is -0.118. The summed E-state index contributed by atoms with van der Waals surface area (Å²) in [5.41, 5.74) is 3.94. The number of hydrogen-bond acceptors (Lipinski definition) is 7. The topological polar surface area (TPSA) is 77.0 Å². The first-order chi connectivity index (χ1) is 16.1. The number of methoxy groups -OCH3 is 1. The zero-order valence-corrected chi connectivity index (χ0v) is 20.1. The summed E-state index contributed by atoms with van der Waals surface area (Å²) in [4.78, 5) is 17.8. The molecule has 0 unspecified atom stereocenters. The van der Waals surface area contributed by atoms with E-state index >= 15 is 0 Å². The molecule has 1 amide bonds. The van der Waals surface area contributed by atoms with Gasteiger partial charge in [0.25, 0.3) is 0 Å². The normalized spacial score (nSPS) is 10.7. The molecule has 2 aromatic heterocycles. The molecule has 0 aliphatic rings. The number of nitrogens with one attached hydrogen (secondary N) is 1. The third kappa shape index (κ3) is 6.18. The number of rotatable bonds is 9. The van der Waals surface area contributed by atoms with Gasteiger partial charge in [0.1, 0.15) is 21.5 Å². The minimum Gasteiger partial charge on any atom is -0.497 e. The standard InChI is InChI=1S/C25H24N4O2S2/c1-17-24(33-25(27-17)19-8-10-20(31-2)11-9-19)21-12-13-23(29-28-21)32-16-22(30)26-15-14-18-6-4-3-5-7-18/h3-13H,14-16H2,1-2H3,(H,26,30). The number of aryl methyl sites for hydroxylation is 1. The Morgan fingerprint density at radius 2 is 1.82 bits per heavy atom. The third-order valence-corrected chi connectivity index (χ3v) is 7.09. The Morgan fingerprint density at radius 3 is 2.52 bits per heavy atom. The van der Waals surface area contributed by atoms with Crippen LogP contribution in [-0.4, -0.2) is 40.5 Å². The van der Waals surface area contributed by atoms with Crippen molar-refractivity contribution in [2.75, 3.05) is 19.4 Å². The van der Waals surface area contributed by atoms with Crippen molar-refractivity contribution < 1.29 is 9.53 Å². The highest BCUT2D eigenvalue weighted by Gasteiger charge is 2.13. The molecule has 1 N–H and O–H groups in total. The van der Waals surface area contributed by atoms with Crippen LogP contribution in [0, 0.1) is 6.92 Å². The Morgan fingerprint density at radius 1 is 1.03 bits per heavy atom. The third-order valence-electron chi connectivity index (χ3n) is 4.94. The summed E-state index contributed by atoms with van der Waals surface area (Å²) < 4.78 is 5.22. The second kappa shape index (κ2) is 11.1. The van der Waals surface area contributed by atoms with Gasteiger partial charge in [0.05, 0.1) is 23.4 Å². The van der Waals surface area contributed by atoms with E-state index in [1.165, 1.54) is 17.3 Å². The average Bonchev–Trinajstić information content (AvgIpc) is 3.25. The number of benzene rings is 2. The maximum atomic E-state index is 12.1. The van der Waals surface area contributed by atoms with E-state index in [-0.39, 0.29) is 5.91 Å². The number of thiazole rings is 1. The number of ether oxygens (including phenoxy) is 1. The molecule has 2 heterocycles. The molecule has 4 aromatic rings. The molecule has 0 fully saturated rings. The zero-order chi connectivity index (χ0) is 23.0. The number of thioether (sulfide) groups is 1. The van der Waals surface area contributed by atoms with Crippen molar-refractivity contribution in [3.63, 3.8) is 0 Å². The van der Waals surface area contributed by atoms with Crippen molar-refractivity contribution in [2.24, 2.45) is 0 Å². The van der Waals surface area contributed by atoms with Gasteiger partial charge in [-0.15, -0.1) is 21.5 Å². The van der Waals surface area contributed by atoms with E-state index in [1.54, 1.807) is 18.4 Å². The monoisotopic (exact) mass is 476 g/mol. The zero-order valence-electron chi connectivity index (χ0n) is 18.4. The molecule has 6 nitrogen and oxygen atoms in total. The Kier molecular flexibility index (Phi) is 7.70. The number of aromatic nitrogens is 3. The number of hydrogen-bond donors (Lipinski definition) is 1. The fourth-order valence-corrected chi connectivity index (χ4v) is 4.87. The van der Waals surface area contributed by atoms with Crippen LogP contribution in [0.4, 0.5) is 0 Å². The molecule has 0 aliphatic carbocycles. The highest BCUT2D eigenvalue weighted by atomic mass is 32.2. The molecule has 0 radical (unpaired) electrons. The molecular weight excluding hydrogens is 452 g/mol. The van der Waals surface area contributed by atoms with Gasteiger partial charge >= 0.3 is 0 Å². The smallest absolute Gasteiger partial charge is 0.230 e. The quantitative estimate of drug-likeness (QED) is 0.341. The number of carbonyl (C=O) groups excluding carboxylic acids is 1. The van der Waals surface area contributed by atoms with Crippen LogP contribution in [0.5, 0.6) is 5.75 Å². The molecule has 168 valence electrons. The Bertz CT molecular complexity index is 1190. The Labute approximate surface area is 201 Å². The predicted octanol–water partition coefficient (Wildman–Crippen LogP) is 5.04. The summed E-state index contributed by atoms with van der Waals surface area (Å²) in [7, 11) is 1.65. The highest BCUT2D eigenvalue weighted by Crippen LogP contribution is 2.34. The Hall–Kier alpha value is -3.23. The summed E-state index contributed by atoms with van der Waals surface area (Å²) in [6.07, 6.45) is 0.818. The number of carbonyl (C=O) groups is 1. The van der Waals surface area contributed by atoms with E-state index in [0.717, 1.165) is 44.0 Å². The summed E-state index contributed by atoms with van der Waals surface area (Å²) >= 11 is 2.96. The lowest BCUT2D eigenvalue weighted by atomic mass is 10.1. The van der Waals surface area contributed by atoms with Crippen molar-refractivity contribution >= 4 is 29.0 Å².